The molecule has 4 rings (SSSR count). The monoisotopic (exact) mass is 427 g/mol. The van der Waals surface area contributed by atoms with Gasteiger partial charge in [-0.1, -0.05) is 6.07 Å². The first-order valence-corrected chi connectivity index (χ1v) is 9.72. The normalized spacial score (nSPS) is 12.1. The summed E-state index contributed by atoms with van der Waals surface area (Å²) in [6, 6.07) is 6.67. The second kappa shape index (κ2) is 9.00. The summed E-state index contributed by atoms with van der Waals surface area (Å²) in [5.41, 5.74) is 2.20. The summed E-state index contributed by atoms with van der Waals surface area (Å²) in [7, 11) is 1.82. The van der Waals surface area contributed by atoms with Gasteiger partial charge in [0.2, 0.25) is 0 Å². The van der Waals surface area contributed by atoms with Crippen LogP contribution in [0.4, 0.5) is 14.6 Å². The Balaban J connectivity index is 0.00000289. The minimum atomic E-state index is -0.633. The Bertz CT molecular complexity index is 1200. The smallest absolute Gasteiger partial charge is 0.318 e. The Morgan fingerprint density at radius 3 is 2.90 bits per heavy atom. The van der Waals surface area contributed by atoms with Gasteiger partial charge in [-0.2, -0.15) is 15.1 Å². The molecule has 0 aliphatic rings. The maximum atomic E-state index is 14.2. The van der Waals surface area contributed by atoms with Crippen LogP contribution < -0.4 is 15.4 Å². The van der Waals surface area contributed by atoms with E-state index in [9.17, 15) is 8.78 Å². The zero-order valence-corrected chi connectivity index (χ0v) is 17.0. The van der Waals surface area contributed by atoms with Gasteiger partial charge >= 0.3 is 6.01 Å². The lowest BCUT2D eigenvalue weighted by atomic mass is 10.1. The van der Waals surface area contributed by atoms with Crippen LogP contribution in [0, 0.1) is 11.6 Å². The largest absolute Gasteiger partial charge is 0.462 e. The van der Waals surface area contributed by atoms with E-state index in [-0.39, 0.29) is 7.44 Å². The van der Waals surface area contributed by atoms with E-state index in [2.05, 4.69) is 30.7 Å². The molecule has 31 heavy (non-hydrogen) atoms. The van der Waals surface area contributed by atoms with Gasteiger partial charge in [-0.15, -0.1) is 0 Å². The molecule has 0 aliphatic heterocycles. The molecule has 0 aliphatic carbocycles. The quantitative estimate of drug-likeness (QED) is 0.416. The van der Waals surface area contributed by atoms with Crippen molar-refractivity contribution in [1.29, 1.82) is 0 Å². The van der Waals surface area contributed by atoms with Crippen molar-refractivity contribution in [3.63, 3.8) is 0 Å². The second-order valence-electron chi connectivity index (χ2n) is 6.85. The van der Waals surface area contributed by atoms with E-state index in [0.29, 0.717) is 41.4 Å². The van der Waals surface area contributed by atoms with Crippen LogP contribution >= 0.6 is 0 Å². The fourth-order valence-corrected chi connectivity index (χ4v) is 3.11. The molecule has 8 nitrogen and oxygen atoms in total. The number of fused-ring (bicyclic) bond motifs is 1. The van der Waals surface area contributed by atoms with E-state index in [4.69, 9.17) is 4.74 Å². The Morgan fingerprint density at radius 2 is 2.10 bits per heavy atom. The number of nitrogens with one attached hydrogen (secondary N) is 2. The number of anilines is 1. The van der Waals surface area contributed by atoms with Gasteiger partial charge in [0.25, 0.3) is 0 Å². The van der Waals surface area contributed by atoms with Gasteiger partial charge in [0.05, 0.1) is 23.5 Å². The summed E-state index contributed by atoms with van der Waals surface area (Å²) in [6.45, 7) is 2.75. The number of hydrogen-bond acceptors (Lipinski definition) is 7. The van der Waals surface area contributed by atoms with Crippen molar-refractivity contribution in [2.24, 2.45) is 0 Å². The molecule has 0 fully saturated rings. The predicted molar refractivity (Wildman–Crippen MR) is 114 cm³/mol. The summed E-state index contributed by atoms with van der Waals surface area (Å²) in [4.78, 5) is 13.2. The minimum absolute atomic E-state index is 0. The summed E-state index contributed by atoms with van der Waals surface area (Å²) in [5.74, 6) is -0.832. The van der Waals surface area contributed by atoms with Crippen molar-refractivity contribution in [2.45, 2.75) is 13.0 Å². The number of ether oxygens (including phenoxy) is 1. The maximum absolute atomic E-state index is 14.2. The number of benzene rings is 1. The number of rotatable bonds is 8. The van der Waals surface area contributed by atoms with Crippen LogP contribution in [0.3, 0.4) is 0 Å². The Labute approximate surface area is 178 Å². The van der Waals surface area contributed by atoms with Gasteiger partial charge < -0.3 is 15.4 Å². The van der Waals surface area contributed by atoms with E-state index in [0.717, 1.165) is 6.07 Å². The van der Waals surface area contributed by atoms with Crippen molar-refractivity contribution in [1.82, 2.24) is 29.9 Å². The highest BCUT2D eigenvalue weighted by Crippen LogP contribution is 2.28. The third-order valence-electron chi connectivity index (χ3n) is 4.64. The molecule has 3 aromatic heterocycles. The fraction of sp³-hybridized carbons (Fsp3) is 0.238. The van der Waals surface area contributed by atoms with Crippen LogP contribution in [0.1, 0.15) is 20.0 Å². The Hall–Kier alpha value is -3.66. The molecule has 1 atom stereocenters. The molecule has 0 spiro atoms. The van der Waals surface area contributed by atoms with Crippen LogP contribution in [-0.2, 0) is 0 Å². The number of likely N-dealkylation sites (N-methyl/N-ethyl adjacent to an activating group) is 1. The van der Waals surface area contributed by atoms with Gasteiger partial charge in [-0.05, 0) is 26.1 Å². The molecule has 0 saturated heterocycles. The summed E-state index contributed by atoms with van der Waals surface area (Å²) in [5, 5.41) is 10.4. The lowest BCUT2D eigenvalue weighted by Gasteiger charge is -2.17. The van der Waals surface area contributed by atoms with Crippen molar-refractivity contribution >= 4 is 11.5 Å². The maximum Gasteiger partial charge on any atom is 0.318 e. The van der Waals surface area contributed by atoms with Gasteiger partial charge in [-0.3, -0.25) is 0 Å². The summed E-state index contributed by atoms with van der Waals surface area (Å²) in [6.07, 6.45) is 5.12. The van der Waals surface area contributed by atoms with Crippen LogP contribution in [0.5, 0.6) is 6.01 Å². The molecule has 162 valence electrons. The number of halogens is 2. The topological polar surface area (TPSA) is 89.3 Å². The molecule has 0 amide bonds. The van der Waals surface area contributed by atoms with E-state index in [1.165, 1.54) is 12.1 Å². The zero-order chi connectivity index (χ0) is 21.8. The predicted octanol–water partition coefficient (Wildman–Crippen LogP) is 3.48. The molecule has 10 heteroatoms. The average Bonchev–Trinajstić information content (AvgIpc) is 3.18. The lowest BCUT2D eigenvalue weighted by Crippen LogP contribution is -2.17. The molecule has 3 heterocycles. The Kier molecular flexibility index (Phi) is 5.99. The fourth-order valence-electron chi connectivity index (χ4n) is 3.11. The number of nitrogens with zero attached hydrogens (tertiary/aromatic N) is 5. The van der Waals surface area contributed by atoms with Crippen molar-refractivity contribution in [3.05, 3.63) is 66.1 Å². The van der Waals surface area contributed by atoms with Crippen molar-refractivity contribution in [3.8, 4) is 17.3 Å². The molecule has 0 unspecified atom stereocenters. The first-order chi connectivity index (χ1) is 15.0. The summed E-state index contributed by atoms with van der Waals surface area (Å²) < 4.78 is 34.8. The summed E-state index contributed by atoms with van der Waals surface area (Å²) >= 11 is 0. The van der Waals surface area contributed by atoms with Gasteiger partial charge in [-0.25, -0.2) is 18.3 Å². The molecule has 0 bridgehead atoms. The third kappa shape index (κ3) is 4.58. The SMILES string of the molecule is CNCCOc1nc(N[C@@H](C)c2ccc(F)cc2F)cc(-c2cnn3cccnc23)n1.[HH]. The van der Waals surface area contributed by atoms with E-state index < -0.39 is 17.7 Å². The first-order valence-electron chi connectivity index (χ1n) is 9.72. The van der Waals surface area contributed by atoms with E-state index in [1.54, 1.807) is 42.2 Å². The first kappa shape index (κ1) is 20.6. The highest BCUT2D eigenvalue weighted by molar-refractivity contribution is 5.75. The average molecular weight is 427 g/mol. The van der Waals surface area contributed by atoms with Crippen LogP contribution in [0.15, 0.2) is 48.9 Å². The molecule has 1 aromatic carbocycles. The van der Waals surface area contributed by atoms with E-state index >= 15 is 0 Å². The highest BCUT2D eigenvalue weighted by atomic mass is 19.1. The van der Waals surface area contributed by atoms with E-state index in [1.807, 2.05) is 7.05 Å². The third-order valence-corrected chi connectivity index (χ3v) is 4.64. The van der Waals surface area contributed by atoms with Gasteiger partial charge in [0.1, 0.15) is 24.1 Å². The molecule has 0 saturated carbocycles. The second-order valence-corrected chi connectivity index (χ2v) is 6.85. The van der Waals surface area contributed by atoms with Crippen LogP contribution in [-0.4, -0.2) is 44.8 Å². The molecule has 0 radical (unpaired) electrons. The molecular weight excluding hydrogens is 404 g/mol. The number of hydrogen-bond donors (Lipinski definition) is 2. The van der Waals surface area contributed by atoms with Gasteiger partial charge in [0, 0.05) is 38.1 Å². The number of aromatic nitrogens is 5. The zero-order valence-electron chi connectivity index (χ0n) is 17.0. The standard InChI is InChI=1S/C21H21F2N7O.H2/c1-13(15-5-4-14(22)10-17(15)23)27-19-11-18(28-21(29-19)31-9-7-24-2)16-12-26-30-8-3-6-25-20(16)30;/h3-6,8,10-13,24H,7,9H2,1-2H3,(H,27,28,29);1H/t13-;/m0./s1. The van der Waals surface area contributed by atoms with Crippen molar-refractivity contribution < 1.29 is 14.9 Å². The highest BCUT2D eigenvalue weighted by Gasteiger charge is 2.16. The van der Waals surface area contributed by atoms with Crippen molar-refractivity contribution in [2.75, 3.05) is 25.5 Å². The molecular formula is C21H23F2N7O. The van der Waals surface area contributed by atoms with Crippen LogP contribution in [0.25, 0.3) is 16.9 Å². The lowest BCUT2D eigenvalue weighted by molar-refractivity contribution is 0.294. The van der Waals surface area contributed by atoms with Gasteiger partial charge in [0.15, 0.2) is 5.65 Å². The Morgan fingerprint density at radius 1 is 1.23 bits per heavy atom. The minimum Gasteiger partial charge on any atom is -0.462 e. The van der Waals surface area contributed by atoms with Crippen LogP contribution in [0.2, 0.25) is 0 Å². The molecule has 2 N–H and O–H groups in total. The molecule has 4 aromatic rings.